The summed E-state index contributed by atoms with van der Waals surface area (Å²) in [6.07, 6.45) is 2.74. The van der Waals surface area contributed by atoms with E-state index in [9.17, 15) is 19.1 Å². The molecule has 1 fully saturated rings. The molecule has 1 aliphatic heterocycles. The number of carbonyl (C=O) groups is 2. The molecule has 1 aromatic heterocycles. The fourth-order valence-corrected chi connectivity index (χ4v) is 4.32. The predicted octanol–water partition coefficient (Wildman–Crippen LogP) is 4.04. The molecule has 0 spiro atoms. The van der Waals surface area contributed by atoms with Gasteiger partial charge in [0.05, 0.1) is 6.20 Å². The molecule has 4 rings (SSSR count). The molecule has 1 N–H and O–H groups in total. The Morgan fingerprint density at radius 3 is 2.20 bits per heavy atom. The molecule has 0 aliphatic carbocycles. The number of halogens is 1. The molecular formula is C27H29FN4O3. The summed E-state index contributed by atoms with van der Waals surface area (Å²) in [6, 6.07) is 13.4. The molecule has 2 amide bonds. The molecule has 0 atom stereocenters. The van der Waals surface area contributed by atoms with Crippen LogP contribution < -0.4 is 4.90 Å². The molecule has 3 aromatic rings. The topological polar surface area (TPSA) is 77.0 Å². The number of piperazine rings is 1. The van der Waals surface area contributed by atoms with Gasteiger partial charge in [0.25, 0.3) is 11.8 Å². The maximum Gasteiger partial charge on any atom is 0.254 e. The van der Waals surface area contributed by atoms with Gasteiger partial charge in [-0.05, 0) is 56.3 Å². The van der Waals surface area contributed by atoms with Gasteiger partial charge in [-0.3, -0.25) is 14.6 Å². The highest BCUT2D eigenvalue weighted by molar-refractivity contribution is 5.95. The third-order valence-electron chi connectivity index (χ3n) is 6.35. The zero-order chi connectivity index (χ0) is 24.9. The van der Waals surface area contributed by atoms with Gasteiger partial charge in [0, 0.05) is 73.4 Å². The summed E-state index contributed by atoms with van der Waals surface area (Å²) in [5.41, 5.74) is 2.67. The van der Waals surface area contributed by atoms with Crippen molar-refractivity contribution in [1.29, 1.82) is 0 Å². The first-order valence-corrected chi connectivity index (χ1v) is 11.8. The van der Waals surface area contributed by atoms with E-state index in [1.807, 2.05) is 38.1 Å². The Hall–Kier alpha value is -3.94. The number of pyridine rings is 1. The van der Waals surface area contributed by atoms with Crippen LogP contribution in [-0.2, 0) is 0 Å². The second-order valence-electron chi connectivity index (χ2n) is 8.43. The van der Waals surface area contributed by atoms with Crippen molar-refractivity contribution in [3.8, 4) is 16.9 Å². The highest BCUT2D eigenvalue weighted by atomic mass is 19.1. The first kappa shape index (κ1) is 24.2. The van der Waals surface area contributed by atoms with E-state index in [0.29, 0.717) is 50.4 Å². The van der Waals surface area contributed by atoms with E-state index < -0.39 is 5.82 Å². The standard InChI is InChI=1S/C27H29FN4O3/c1-3-30(4-2)26(34)19-5-8-22(9-6-19)31-11-13-32(14-12-31)27(35)20-7-10-24(25(28)16-20)21-15-23(33)18-29-17-21/h5-10,15-18,33H,3-4,11-14H2,1-2H3. The van der Waals surface area contributed by atoms with Gasteiger partial charge in [-0.1, -0.05) is 6.07 Å². The van der Waals surface area contributed by atoms with E-state index in [2.05, 4.69) is 9.88 Å². The van der Waals surface area contributed by atoms with Gasteiger partial charge in [0.2, 0.25) is 0 Å². The normalized spacial score (nSPS) is 13.6. The number of anilines is 1. The number of hydrogen-bond acceptors (Lipinski definition) is 5. The molecule has 0 saturated carbocycles. The van der Waals surface area contributed by atoms with E-state index in [1.54, 1.807) is 15.9 Å². The number of benzene rings is 2. The van der Waals surface area contributed by atoms with E-state index in [4.69, 9.17) is 0 Å². The summed E-state index contributed by atoms with van der Waals surface area (Å²) in [5.74, 6) is -0.786. The van der Waals surface area contributed by atoms with Crippen LogP contribution in [0.15, 0.2) is 60.9 Å². The molecule has 2 aromatic carbocycles. The predicted molar refractivity (Wildman–Crippen MR) is 133 cm³/mol. The Labute approximate surface area is 204 Å². The molecule has 182 valence electrons. The molecule has 0 unspecified atom stereocenters. The van der Waals surface area contributed by atoms with E-state index in [-0.39, 0.29) is 28.7 Å². The van der Waals surface area contributed by atoms with Crippen molar-refractivity contribution in [2.45, 2.75) is 13.8 Å². The van der Waals surface area contributed by atoms with Crippen LogP contribution in [0.4, 0.5) is 10.1 Å². The van der Waals surface area contributed by atoms with Crippen LogP contribution in [-0.4, -0.2) is 71.0 Å². The maximum atomic E-state index is 14.7. The van der Waals surface area contributed by atoms with E-state index in [0.717, 1.165) is 5.69 Å². The first-order chi connectivity index (χ1) is 16.9. The molecule has 0 radical (unpaired) electrons. The second kappa shape index (κ2) is 10.5. The van der Waals surface area contributed by atoms with E-state index >= 15 is 0 Å². The van der Waals surface area contributed by atoms with Crippen LogP contribution in [0.3, 0.4) is 0 Å². The zero-order valence-corrected chi connectivity index (χ0v) is 19.9. The SMILES string of the molecule is CCN(CC)C(=O)c1ccc(N2CCN(C(=O)c3ccc(-c4cncc(O)c4)c(F)c3)CC2)cc1. The second-order valence-corrected chi connectivity index (χ2v) is 8.43. The van der Waals surface area contributed by atoms with Gasteiger partial charge in [0.1, 0.15) is 11.6 Å². The van der Waals surface area contributed by atoms with Crippen LogP contribution >= 0.6 is 0 Å². The van der Waals surface area contributed by atoms with Crippen molar-refractivity contribution in [3.05, 3.63) is 77.9 Å². The van der Waals surface area contributed by atoms with Crippen LogP contribution in [0.2, 0.25) is 0 Å². The quantitative estimate of drug-likeness (QED) is 0.581. The molecule has 1 aliphatic rings. The number of nitrogens with zero attached hydrogens (tertiary/aromatic N) is 4. The lowest BCUT2D eigenvalue weighted by molar-refractivity contribution is 0.0744. The fraction of sp³-hybridized carbons (Fsp3) is 0.296. The van der Waals surface area contributed by atoms with Crippen molar-refractivity contribution in [1.82, 2.24) is 14.8 Å². The number of aromatic hydroxyl groups is 1. The van der Waals surface area contributed by atoms with Gasteiger partial charge in [-0.25, -0.2) is 4.39 Å². The minimum absolute atomic E-state index is 0.0237. The van der Waals surface area contributed by atoms with Crippen molar-refractivity contribution >= 4 is 17.5 Å². The van der Waals surface area contributed by atoms with Gasteiger partial charge in [-0.15, -0.1) is 0 Å². The molecule has 0 bridgehead atoms. The summed E-state index contributed by atoms with van der Waals surface area (Å²) < 4.78 is 14.7. The minimum Gasteiger partial charge on any atom is -0.506 e. The van der Waals surface area contributed by atoms with Crippen LogP contribution in [0.1, 0.15) is 34.6 Å². The average molecular weight is 477 g/mol. The number of amides is 2. The smallest absolute Gasteiger partial charge is 0.254 e. The van der Waals surface area contributed by atoms with Crippen molar-refractivity contribution in [2.24, 2.45) is 0 Å². The van der Waals surface area contributed by atoms with Gasteiger partial charge in [0.15, 0.2) is 0 Å². The number of aromatic nitrogens is 1. The fourth-order valence-electron chi connectivity index (χ4n) is 4.32. The summed E-state index contributed by atoms with van der Waals surface area (Å²) in [7, 11) is 0. The molecule has 7 nitrogen and oxygen atoms in total. The third-order valence-corrected chi connectivity index (χ3v) is 6.35. The Bertz CT molecular complexity index is 1200. The minimum atomic E-state index is -0.541. The molecule has 8 heteroatoms. The lowest BCUT2D eigenvalue weighted by Gasteiger charge is -2.36. The van der Waals surface area contributed by atoms with Crippen LogP contribution in [0, 0.1) is 5.82 Å². The van der Waals surface area contributed by atoms with Gasteiger partial charge < -0.3 is 19.8 Å². The molecule has 2 heterocycles. The summed E-state index contributed by atoms with van der Waals surface area (Å²) in [6.45, 7) is 7.59. The number of rotatable bonds is 6. The molecule has 35 heavy (non-hydrogen) atoms. The molecule has 1 saturated heterocycles. The Morgan fingerprint density at radius 1 is 0.943 bits per heavy atom. The maximum absolute atomic E-state index is 14.7. The zero-order valence-electron chi connectivity index (χ0n) is 19.9. The Morgan fingerprint density at radius 2 is 1.60 bits per heavy atom. The molecular weight excluding hydrogens is 447 g/mol. The van der Waals surface area contributed by atoms with Gasteiger partial charge >= 0.3 is 0 Å². The van der Waals surface area contributed by atoms with Crippen molar-refractivity contribution in [2.75, 3.05) is 44.2 Å². The van der Waals surface area contributed by atoms with Crippen molar-refractivity contribution in [3.63, 3.8) is 0 Å². The van der Waals surface area contributed by atoms with Crippen LogP contribution in [0.25, 0.3) is 11.1 Å². The number of carbonyl (C=O) groups excluding carboxylic acids is 2. The lowest BCUT2D eigenvalue weighted by atomic mass is 10.0. The third kappa shape index (κ3) is 5.26. The number of hydrogen-bond donors (Lipinski definition) is 1. The van der Waals surface area contributed by atoms with Crippen LogP contribution in [0.5, 0.6) is 5.75 Å². The monoisotopic (exact) mass is 476 g/mol. The largest absolute Gasteiger partial charge is 0.506 e. The van der Waals surface area contributed by atoms with E-state index in [1.165, 1.54) is 30.6 Å². The van der Waals surface area contributed by atoms with Crippen molar-refractivity contribution < 1.29 is 19.1 Å². The highest BCUT2D eigenvalue weighted by Gasteiger charge is 2.23. The Balaban J connectivity index is 1.38. The van der Waals surface area contributed by atoms with Gasteiger partial charge in [-0.2, -0.15) is 0 Å². The summed E-state index contributed by atoms with van der Waals surface area (Å²) in [4.78, 5) is 35.1. The Kier molecular flexibility index (Phi) is 7.29. The summed E-state index contributed by atoms with van der Waals surface area (Å²) in [5, 5.41) is 9.60. The average Bonchev–Trinajstić information content (AvgIpc) is 2.89. The lowest BCUT2D eigenvalue weighted by Crippen LogP contribution is -2.48. The first-order valence-electron chi connectivity index (χ1n) is 11.8. The highest BCUT2D eigenvalue weighted by Crippen LogP contribution is 2.26. The summed E-state index contributed by atoms with van der Waals surface area (Å²) >= 11 is 0.